The van der Waals surface area contributed by atoms with Crippen molar-refractivity contribution in [2.75, 3.05) is 11.9 Å². The van der Waals surface area contributed by atoms with Gasteiger partial charge in [0.1, 0.15) is 0 Å². The van der Waals surface area contributed by atoms with Crippen LogP contribution in [0.5, 0.6) is 0 Å². The summed E-state index contributed by atoms with van der Waals surface area (Å²) in [5.74, 6) is 5.90. The fraction of sp³-hybridized carbons (Fsp3) is 0.333. The maximum Gasteiger partial charge on any atom is 0.0485 e. The highest BCUT2D eigenvalue weighted by molar-refractivity contribution is 9.10. The first-order chi connectivity index (χ1) is 6.74. The molecule has 0 saturated carbocycles. The van der Waals surface area contributed by atoms with E-state index in [9.17, 15) is 0 Å². The molecular formula is C12H14BrN. The molecule has 0 spiro atoms. The zero-order valence-electron chi connectivity index (χ0n) is 8.52. The SMILES string of the molecule is CC#CCCNc1ccc(C)cc1Br. The lowest BCUT2D eigenvalue weighted by Gasteiger charge is -2.07. The Kier molecular flexibility index (Phi) is 4.55. The van der Waals surface area contributed by atoms with Gasteiger partial charge in [-0.25, -0.2) is 0 Å². The molecule has 0 fully saturated rings. The third kappa shape index (κ3) is 3.43. The average Bonchev–Trinajstić information content (AvgIpc) is 2.15. The molecule has 14 heavy (non-hydrogen) atoms. The maximum atomic E-state index is 3.52. The van der Waals surface area contributed by atoms with Crippen molar-refractivity contribution in [3.63, 3.8) is 0 Å². The highest BCUT2D eigenvalue weighted by Gasteiger charge is 1.97. The van der Waals surface area contributed by atoms with E-state index in [-0.39, 0.29) is 0 Å². The molecule has 0 atom stereocenters. The molecule has 2 heteroatoms. The van der Waals surface area contributed by atoms with Crippen molar-refractivity contribution < 1.29 is 0 Å². The highest BCUT2D eigenvalue weighted by atomic mass is 79.9. The van der Waals surface area contributed by atoms with Crippen molar-refractivity contribution >= 4 is 21.6 Å². The Morgan fingerprint density at radius 2 is 2.21 bits per heavy atom. The van der Waals surface area contributed by atoms with Gasteiger partial charge in [-0.05, 0) is 47.5 Å². The van der Waals surface area contributed by atoms with E-state index in [0.717, 1.165) is 23.1 Å². The lowest BCUT2D eigenvalue weighted by molar-refractivity contribution is 1.09. The molecule has 1 aromatic carbocycles. The molecule has 0 heterocycles. The van der Waals surface area contributed by atoms with Crippen LogP contribution in [0.3, 0.4) is 0 Å². The normalized spacial score (nSPS) is 9.07. The third-order valence-electron chi connectivity index (χ3n) is 1.87. The maximum absolute atomic E-state index is 3.52. The summed E-state index contributed by atoms with van der Waals surface area (Å²) in [6.07, 6.45) is 0.886. The van der Waals surface area contributed by atoms with Gasteiger partial charge in [-0.15, -0.1) is 11.8 Å². The minimum Gasteiger partial charge on any atom is -0.383 e. The van der Waals surface area contributed by atoms with Crippen molar-refractivity contribution in [2.24, 2.45) is 0 Å². The van der Waals surface area contributed by atoms with Crippen LogP contribution in [0.25, 0.3) is 0 Å². The molecule has 0 aliphatic carbocycles. The smallest absolute Gasteiger partial charge is 0.0485 e. The Morgan fingerprint density at radius 3 is 2.86 bits per heavy atom. The molecular weight excluding hydrogens is 238 g/mol. The van der Waals surface area contributed by atoms with Crippen molar-refractivity contribution in [3.05, 3.63) is 28.2 Å². The summed E-state index contributed by atoms with van der Waals surface area (Å²) < 4.78 is 1.11. The fourth-order valence-electron chi connectivity index (χ4n) is 1.15. The first-order valence-electron chi connectivity index (χ1n) is 4.63. The van der Waals surface area contributed by atoms with Gasteiger partial charge < -0.3 is 5.32 Å². The van der Waals surface area contributed by atoms with Crippen LogP contribution in [0.2, 0.25) is 0 Å². The Balaban J connectivity index is 2.53. The zero-order valence-corrected chi connectivity index (χ0v) is 10.1. The van der Waals surface area contributed by atoms with Crippen LogP contribution in [0.4, 0.5) is 5.69 Å². The van der Waals surface area contributed by atoms with Crippen molar-refractivity contribution in [3.8, 4) is 11.8 Å². The van der Waals surface area contributed by atoms with Crippen LogP contribution in [-0.4, -0.2) is 6.54 Å². The number of hydrogen-bond donors (Lipinski definition) is 1. The van der Waals surface area contributed by atoms with E-state index in [2.05, 4.69) is 58.2 Å². The highest BCUT2D eigenvalue weighted by Crippen LogP contribution is 2.22. The van der Waals surface area contributed by atoms with Gasteiger partial charge in [0.2, 0.25) is 0 Å². The average molecular weight is 252 g/mol. The van der Waals surface area contributed by atoms with Crippen molar-refractivity contribution in [2.45, 2.75) is 20.3 Å². The van der Waals surface area contributed by atoms with Gasteiger partial charge in [0.15, 0.2) is 0 Å². The Bertz CT molecular complexity index is 360. The number of nitrogens with one attached hydrogen (secondary N) is 1. The number of hydrogen-bond acceptors (Lipinski definition) is 1. The molecule has 1 N–H and O–H groups in total. The third-order valence-corrected chi connectivity index (χ3v) is 2.52. The zero-order chi connectivity index (χ0) is 10.4. The Hall–Kier alpha value is -0.940. The first kappa shape index (κ1) is 11.1. The van der Waals surface area contributed by atoms with E-state index in [0.29, 0.717) is 0 Å². The first-order valence-corrected chi connectivity index (χ1v) is 5.43. The summed E-state index contributed by atoms with van der Waals surface area (Å²) in [5, 5.41) is 3.33. The molecule has 0 radical (unpaired) electrons. The molecule has 0 aliphatic rings. The molecule has 0 aliphatic heterocycles. The van der Waals surface area contributed by atoms with E-state index in [1.54, 1.807) is 0 Å². The number of halogens is 1. The monoisotopic (exact) mass is 251 g/mol. The van der Waals surface area contributed by atoms with E-state index < -0.39 is 0 Å². The lowest BCUT2D eigenvalue weighted by Crippen LogP contribution is -2.00. The summed E-state index contributed by atoms with van der Waals surface area (Å²) in [6.45, 7) is 4.83. The fourth-order valence-corrected chi connectivity index (χ4v) is 1.78. The van der Waals surface area contributed by atoms with E-state index >= 15 is 0 Å². The van der Waals surface area contributed by atoms with Crippen LogP contribution >= 0.6 is 15.9 Å². The summed E-state index contributed by atoms with van der Waals surface area (Å²) in [7, 11) is 0. The van der Waals surface area contributed by atoms with Gasteiger partial charge >= 0.3 is 0 Å². The van der Waals surface area contributed by atoms with Crippen molar-refractivity contribution in [1.82, 2.24) is 0 Å². The standard InChI is InChI=1S/C12H14BrN/c1-3-4-5-8-14-12-7-6-10(2)9-11(12)13/h6-7,9,14H,5,8H2,1-2H3. The van der Waals surface area contributed by atoms with E-state index in [4.69, 9.17) is 0 Å². The van der Waals surface area contributed by atoms with Gasteiger partial charge in [-0.1, -0.05) is 6.07 Å². The second-order valence-corrected chi connectivity index (χ2v) is 3.94. The summed E-state index contributed by atoms with van der Waals surface area (Å²) >= 11 is 3.52. The van der Waals surface area contributed by atoms with Crippen molar-refractivity contribution in [1.29, 1.82) is 0 Å². The van der Waals surface area contributed by atoms with E-state index in [1.807, 2.05) is 6.92 Å². The predicted molar refractivity (Wildman–Crippen MR) is 65.4 cm³/mol. The van der Waals surface area contributed by atoms with Crippen LogP contribution in [-0.2, 0) is 0 Å². The van der Waals surface area contributed by atoms with Gasteiger partial charge in [0.25, 0.3) is 0 Å². The Labute approximate surface area is 94.0 Å². The number of benzene rings is 1. The summed E-state index contributed by atoms with van der Waals surface area (Å²) in [4.78, 5) is 0. The molecule has 0 amide bonds. The van der Waals surface area contributed by atoms with Gasteiger partial charge in [-0.3, -0.25) is 0 Å². The molecule has 1 aromatic rings. The van der Waals surface area contributed by atoms with Gasteiger partial charge in [0, 0.05) is 23.1 Å². The molecule has 0 unspecified atom stereocenters. The molecule has 74 valence electrons. The van der Waals surface area contributed by atoms with Crippen LogP contribution < -0.4 is 5.32 Å². The van der Waals surface area contributed by atoms with Crippen LogP contribution in [0, 0.1) is 18.8 Å². The predicted octanol–water partition coefficient (Wildman–Crippen LogP) is 3.58. The van der Waals surface area contributed by atoms with Crippen LogP contribution in [0.15, 0.2) is 22.7 Å². The van der Waals surface area contributed by atoms with Gasteiger partial charge in [-0.2, -0.15) is 0 Å². The Morgan fingerprint density at radius 1 is 1.43 bits per heavy atom. The largest absolute Gasteiger partial charge is 0.383 e. The lowest BCUT2D eigenvalue weighted by atomic mass is 10.2. The van der Waals surface area contributed by atoms with Gasteiger partial charge in [0.05, 0.1) is 0 Å². The molecule has 0 aromatic heterocycles. The molecule has 0 saturated heterocycles. The van der Waals surface area contributed by atoms with E-state index in [1.165, 1.54) is 5.56 Å². The topological polar surface area (TPSA) is 12.0 Å². The summed E-state index contributed by atoms with van der Waals surface area (Å²) in [6, 6.07) is 6.28. The second-order valence-electron chi connectivity index (χ2n) is 3.09. The molecule has 1 nitrogen and oxygen atoms in total. The number of aryl methyl sites for hydroxylation is 1. The number of anilines is 1. The summed E-state index contributed by atoms with van der Waals surface area (Å²) in [5.41, 5.74) is 2.39. The second kappa shape index (κ2) is 5.72. The molecule has 1 rings (SSSR count). The number of rotatable bonds is 3. The molecule has 0 bridgehead atoms. The minimum absolute atomic E-state index is 0.886. The van der Waals surface area contributed by atoms with Crippen LogP contribution in [0.1, 0.15) is 18.9 Å². The minimum atomic E-state index is 0.886. The quantitative estimate of drug-likeness (QED) is 0.640.